The quantitative estimate of drug-likeness (QED) is 0.723. The summed E-state index contributed by atoms with van der Waals surface area (Å²) in [5.41, 5.74) is 1.97. The summed E-state index contributed by atoms with van der Waals surface area (Å²) >= 11 is 12.4. The van der Waals surface area contributed by atoms with Gasteiger partial charge in [-0.15, -0.1) is 10.2 Å². The van der Waals surface area contributed by atoms with Crippen LogP contribution >= 0.6 is 23.2 Å². The monoisotopic (exact) mass is 386 g/mol. The second kappa shape index (κ2) is 6.74. The standard InChI is InChI=1S/C19H16Cl2N4O/c20-14-4-2-13(3-5-14)19(8-1-9-19)24-18(26)16-7-6-15(10-17(16)21)25-11-22-23-12-25/h2-7,10-12H,1,8-9H2,(H,24,26). The summed E-state index contributed by atoms with van der Waals surface area (Å²) in [6.45, 7) is 0. The number of rotatable bonds is 4. The van der Waals surface area contributed by atoms with Gasteiger partial charge in [-0.05, 0) is 55.2 Å². The van der Waals surface area contributed by atoms with Crippen LogP contribution in [0.3, 0.4) is 0 Å². The van der Waals surface area contributed by atoms with E-state index in [4.69, 9.17) is 23.2 Å². The topological polar surface area (TPSA) is 59.8 Å². The van der Waals surface area contributed by atoms with E-state index in [2.05, 4.69) is 15.5 Å². The zero-order valence-electron chi connectivity index (χ0n) is 13.8. The van der Waals surface area contributed by atoms with Gasteiger partial charge in [-0.2, -0.15) is 0 Å². The summed E-state index contributed by atoms with van der Waals surface area (Å²) < 4.78 is 1.73. The number of hydrogen-bond acceptors (Lipinski definition) is 3. The molecule has 0 radical (unpaired) electrons. The molecule has 26 heavy (non-hydrogen) atoms. The summed E-state index contributed by atoms with van der Waals surface area (Å²) in [5, 5.41) is 11.8. The lowest BCUT2D eigenvalue weighted by Crippen LogP contribution is -2.50. The van der Waals surface area contributed by atoms with Crippen LogP contribution in [0.25, 0.3) is 5.69 Å². The number of carbonyl (C=O) groups excluding carboxylic acids is 1. The van der Waals surface area contributed by atoms with Gasteiger partial charge in [0.1, 0.15) is 12.7 Å². The van der Waals surface area contributed by atoms with E-state index >= 15 is 0 Å². The molecule has 0 atom stereocenters. The molecule has 5 nitrogen and oxygen atoms in total. The molecule has 1 aromatic heterocycles. The van der Waals surface area contributed by atoms with E-state index in [1.165, 1.54) is 0 Å². The Labute approximate surface area is 161 Å². The molecular weight excluding hydrogens is 371 g/mol. The molecule has 4 rings (SSSR count). The van der Waals surface area contributed by atoms with Crippen molar-refractivity contribution in [1.29, 1.82) is 0 Å². The van der Waals surface area contributed by atoms with Gasteiger partial charge < -0.3 is 5.32 Å². The fraction of sp³-hybridized carbons (Fsp3) is 0.211. The summed E-state index contributed by atoms with van der Waals surface area (Å²) in [6, 6.07) is 12.9. The van der Waals surface area contributed by atoms with Crippen LogP contribution in [0.1, 0.15) is 35.2 Å². The van der Waals surface area contributed by atoms with Crippen molar-refractivity contribution < 1.29 is 4.79 Å². The highest BCUT2D eigenvalue weighted by atomic mass is 35.5. The maximum Gasteiger partial charge on any atom is 0.253 e. The Morgan fingerprint density at radius 2 is 1.73 bits per heavy atom. The number of halogens is 2. The van der Waals surface area contributed by atoms with E-state index in [0.29, 0.717) is 15.6 Å². The Morgan fingerprint density at radius 1 is 1.04 bits per heavy atom. The number of carbonyl (C=O) groups is 1. The van der Waals surface area contributed by atoms with Crippen LogP contribution in [0.15, 0.2) is 55.1 Å². The van der Waals surface area contributed by atoms with Crippen molar-refractivity contribution in [2.45, 2.75) is 24.8 Å². The number of amides is 1. The molecule has 1 fully saturated rings. The number of nitrogens with zero attached hydrogens (tertiary/aromatic N) is 3. The summed E-state index contributed by atoms with van der Waals surface area (Å²) in [6.07, 6.45) is 6.03. The molecule has 1 heterocycles. The molecule has 1 saturated carbocycles. The highest BCUT2D eigenvalue weighted by Crippen LogP contribution is 2.42. The molecular formula is C19H16Cl2N4O. The molecule has 0 aliphatic heterocycles. The molecule has 132 valence electrons. The van der Waals surface area contributed by atoms with Crippen molar-refractivity contribution >= 4 is 29.1 Å². The van der Waals surface area contributed by atoms with E-state index < -0.39 is 0 Å². The number of hydrogen-bond donors (Lipinski definition) is 1. The SMILES string of the molecule is O=C(NC1(c2ccc(Cl)cc2)CCC1)c1ccc(-n2cnnc2)cc1Cl. The van der Waals surface area contributed by atoms with Gasteiger partial charge in [0.2, 0.25) is 0 Å². The van der Waals surface area contributed by atoms with Crippen molar-refractivity contribution in [3.05, 3.63) is 76.3 Å². The smallest absolute Gasteiger partial charge is 0.253 e. The molecule has 0 saturated heterocycles. The van der Waals surface area contributed by atoms with E-state index in [0.717, 1.165) is 30.5 Å². The minimum atomic E-state index is -0.349. The van der Waals surface area contributed by atoms with Crippen molar-refractivity contribution in [2.24, 2.45) is 0 Å². The first-order valence-electron chi connectivity index (χ1n) is 8.30. The van der Waals surface area contributed by atoms with Crippen molar-refractivity contribution in [1.82, 2.24) is 20.1 Å². The van der Waals surface area contributed by atoms with Gasteiger partial charge in [0, 0.05) is 10.7 Å². The lowest BCUT2D eigenvalue weighted by Gasteiger charge is -2.43. The average Bonchev–Trinajstić information content (AvgIpc) is 3.13. The molecule has 1 amide bonds. The highest BCUT2D eigenvalue weighted by molar-refractivity contribution is 6.34. The van der Waals surface area contributed by atoms with E-state index in [1.807, 2.05) is 30.3 Å². The first kappa shape index (κ1) is 17.1. The number of aromatic nitrogens is 3. The molecule has 1 aliphatic carbocycles. The maximum absolute atomic E-state index is 12.9. The van der Waals surface area contributed by atoms with Crippen molar-refractivity contribution in [2.75, 3.05) is 0 Å². The molecule has 7 heteroatoms. The third kappa shape index (κ3) is 3.08. The first-order valence-corrected chi connectivity index (χ1v) is 9.06. The Hall–Kier alpha value is -2.37. The number of benzene rings is 2. The summed E-state index contributed by atoms with van der Waals surface area (Å²) in [7, 11) is 0. The van der Waals surface area contributed by atoms with Gasteiger partial charge in [-0.1, -0.05) is 35.3 Å². The Kier molecular flexibility index (Phi) is 4.42. The highest BCUT2D eigenvalue weighted by Gasteiger charge is 2.40. The molecule has 1 aliphatic rings. The third-order valence-electron chi connectivity index (χ3n) is 4.87. The van der Waals surface area contributed by atoms with Gasteiger partial charge in [-0.3, -0.25) is 9.36 Å². The largest absolute Gasteiger partial charge is 0.342 e. The summed E-state index contributed by atoms with van der Waals surface area (Å²) in [5.74, 6) is -0.181. The van der Waals surface area contributed by atoms with Crippen LogP contribution in [0.4, 0.5) is 0 Å². The third-order valence-corrected chi connectivity index (χ3v) is 5.44. The molecule has 1 N–H and O–H groups in total. The van der Waals surface area contributed by atoms with E-state index in [-0.39, 0.29) is 11.4 Å². The van der Waals surface area contributed by atoms with Crippen LogP contribution in [0, 0.1) is 0 Å². The van der Waals surface area contributed by atoms with Crippen LogP contribution in [0.5, 0.6) is 0 Å². The minimum Gasteiger partial charge on any atom is -0.342 e. The van der Waals surface area contributed by atoms with Gasteiger partial charge in [0.25, 0.3) is 5.91 Å². The molecule has 3 aromatic rings. The molecule has 0 bridgehead atoms. The second-order valence-corrected chi connectivity index (χ2v) is 7.27. The average molecular weight is 387 g/mol. The van der Waals surface area contributed by atoms with Gasteiger partial charge in [0.15, 0.2) is 0 Å². The van der Waals surface area contributed by atoms with E-state index in [1.54, 1.807) is 29.4 Å². The number of nitrogens with one attached hydrogen (secondary N) is 1. The Balaban J connectivity index is 1.58. The van der Waals surface area contributed by atoms with Crippen molar-refractivity contribution in [3.8, 4) is 5.69 Å². The minimum absolute atomic E-state index is 0.181. The zero-order chi connectivity index (χ0) is 18.1. The molecule has 0 unspecified atom stereocenters. The molecule has 2 aromatic carbocycles. The Bertz CT molecular complexity index is 935. The van der Waals surface area contributed by atoms with Crippen LogP contribution in [-0.4, -0.2) is 20.7 Å². The van der Waals surface area contributed by atoms with E-state index in [9.17, 15) is 4.79 Å². The first-order chi connectivity index (χ1) is 12.6. The predicted octanol–water partition coefficient (Wildman–Crippen LogP) is 4.38. The van der Waals surface area contributed by atoms with Crippen molar-refractivity contribution in [3.63, 3.8) is 0 Å². The Morgan fingerprint density at radius 3 is 2.31 bits per heavy atom. The van der Waals surface area contributed by atoms with Crippen LogP contribution in [0.2, 0.25) is 10.0 Å². The maximum atomic E-state index is 12.9. The van der Waals surface area contributed by atoms with Gasteiger partial charge in [-0.25, -0.2) is 0 Å². The zero-order valence-corrected chi connectivity index (χ0v) is 15.3. The lowest BCUT2D eigenvalue weighted by molar-refractivity contribution is 0.0823. The van der Waals surface area contributed by atoms with Gasteiger partial charge >= 0.3 is 0 Å². The second-order valence-electron chi connectivity index (χ2n) is 6.43. The van der Waals surface area contributed by atoms with Crippen LogP contribution in [-0.2, 0) is 5.54 Å². The lowest BCUT2D eigenvalue weighted by atomic mass is 9.71. The fourth-order valence-corrected chi connectivity index (χ4v) is 3.64. The van der Waals surface area contributed by atoms with Crippen LogP contribution < -0.4 is 5.32 Å². The predicted molar refractivity (Wildman–Crippen MR) is 101 cm³/mol. The van der Waals surface area contributed by atoms with Gasteiger partial charge in [0.05, 0.1) is 16.1 Å². The molecule has 0 spiro atoms. The fourth-order valence-electron chi connectivity index (χ4n) is 3.25. The normalized spacial score (nSPS) is 15.3. The summed E-state index contributed by atoms with van der Waals surface area (Å²) in [4.78, 5) is 12.9.